The lowest BCUT2D eigenvalue weighted by atomic mass is 10.1. The van der Waals surface area contributed by atoms with E-state index in [9.17, 15) is 9.59 Å². The summed E-state index contributed by atoms with van der Waals surface area (Å²) >= 11 is 1.36. The molecule has 8 nitrogen and oxygen atoms in total. The number of furan rings is 1. The number of rotatable bonds is 7. The Morgan fingerprint density at radius 2 is 1.94 bits per heavy atom. The molecule has 5 rings (SSSR count). The van der Waals surface area contributed by atoms with E-state index in [0.29, 0.717) is 28.6 Å². The average molecular weight is 505 g/mol. The van der Waals surface area contributed by atoms with Gasteiger partial charge < -0.3 is 14.5 Å². The number of fused-ring (bicyclic) bond motifs is 1. The average Bonchev–Trinajstić information content (AvgIpc) is 3.58. The molecule has 0 radical (unpaired) electrons. The second-order valence-corrected chi connectivity index (χ2v) is 9.64. The van der Waals surface area contributed by atoms with Crippen LogP contribution in [0.4, 0.5) is 5.69 Å². The zero-order valence-electron chi connectivity index (χ0n) is 20.3. The summed E-state index contributed by atoms with van der Waals surface area (Å²) in [5, 5.41) is 7.70. The molecule has 4 heterocycles. The highest BCUT2D eigenvalue weighted by Crippen LogP contribution is 2.27. The van der Waals surface area contributed by atoms with Crippen molar-refractivity contribution in [2.24, 2.45) is 0 Å². The molecule has 1 aliphatic rings. The van der Waals surface area contributed by atoms with Gasteiger partial charge in [-0.15, -0.1) is 11.3 Å². The number of carbonyl (C=O) groups excluding carboxylic acids is 2. The molecule has 3 aromatic heterocycles. The summed E-state index contributed by atoms with van der Waals surface area (Å²) < 4.78 is 11.4. The SMILES string of the molecule is CCN(C(=O)c1ccc(-c2ccc(NC(=O)c3cc4cccnc4s3)cc2)o1)N1CCC(OC)CC1. The van der Waals surface area contributed by atoms with Gasteiger partial charge in [0, 0.05) is 49.6 Å². The van der Waals surface area contributed by atoms with E-state index in [0.717, 1.165) is 41.7 Å². The minimum Gasteiger partial charge on any atom is -0.451 e. The topological polar surface area (TPSA) is 87.9 Å². The fourth-order valence-electron chi connectivity index (χ4n) is 4.42. The number of nitrogens with one attached hydrogen (secondary N) is 1. The molecule has 9 heteroatoms. The van der Waals surface area contributed by atoms with Crippen LogP contribution in [0.5, 0.6) is 0 Å². The van der Waals surface area contributed by atoms with Gasteiger partial charge in [-0.1, -0.05) is 6.07 Å². The number of nitrogens with zero attached hydrogens (tertiary/aromatic N) is 3. The highest BCUT2D eigenvalue weighted by Gasteiger charge is 2.28. The molecule has 1 fully saturated rings. The molecule has 0 aliphatic carbocycles. The van der Waals surface area contributed by atoms with Crippen molar-refractivity contribution in [3.8, 4) is 11.3 Å². The molecule has 1 aliphatic heterocycles. The number of piperidine rings is 1. The molecule has 1 N–H and O–H groups in total. The number of hydrazine groups is 1. The van der Waals surface area contributed by atoms with Crippen LogP contribution in [-0.4, -0.2) is 59.7 Å². The molecule has 1 aromatic carbocycles. The van der Waals surface area contributed by atoms with Crippen LogP contribution >= 0.6 is 11.3 Å². The van der Waals surface area contributed by atoms with Gasteiger partial charge in [0.25, 0.3) is 5.91 Å². The van der Waals surface area contributed by atoms with E-state index in [-0.39, 0.29) is 17.9 Å². The predicted molar refractivity (Wildman–Crippen MR) is 140 cm³/mol. The second kappa shape index (κ2) is 10.6. The van der Waals surface area contributed by atoms with Crippen LogP contribution < -0.4 is 5.32 Å². The van der Waals surface area contributed by atoms with Crippen molar-refractivity contribution in [1.82, 2.24) is 15.0 Å². The first-order chi connectivity index (χ1) is 17.6. The Hall–Kier alpha value is -3.53. The summed E-state index contributed by atoms with van der Waals surface area (Å²) in [6.07, 6.45) is 3.76. The molecule has 0 atom stereocenters. The Kier molecular flexibility index (Phi) is 7.13. The van der Waals surface area contributed by atoms with Gasteiger partial charge in [-0.3, -0.25) is 14.6 Å². The third kappa shape index (κ3) is 5.04. The third-order valence-electron chi connectivity index (χ3n) is 6.39. The molecule has 2 amide bonds. The molecule has 4 aromatic rings. The van der Waals surface area contributed by atoms with Crippen molar-refractivity contribution >= 4 is 39.1 Å². The van der Waals surface area contributed by atoms with Gasteiger partial charge in [0.2, 0.25) is 0 Å². The number of hydrogen-bond acceptors (Lipinski definition) is 7. The van der Waals surface area contributed by atoms with Crippen LogP contribution in [0.1, 0.15) is 40.0 Å². The highest BCUT2D eigenvalue weighted by molar-refractivity contribution is 7.20. The van der Waals surface area contributed by atoms with E-state index in [2.05, 4.69) is 15.3 Å². The van der Waals surface area contributed by atoms with Gasteiger partial charge in [-0.05, 0) is 68.3 Å². The molecule has 186 valence electrons. The Morgan fingerprint density at radius 3 is 2.64 bits per heavy atom. The molecule has 1 saturated heterocycles. The number of pyridine rings is 1. The van der Waals surface area contributed by atoms with Crippen LogP contribution in [0.15, 0.2) is 65.2 Å². The molecule has 0 spiro atoms. The summed E-state index contributed by atoms with van der Waals surface area (Å²) in [4.78, 5) is 31.6. The van der Waals surface area contributed by atoms with Crippen LogP contribution in [0.25, 0.3) is 21.5 Å². The predicted octanol–water partition coefficient (Wildman–Crippen LogP) is 5.30. The summed E-state index contributed by atoms with van der Waals surface area (Å²) in [6, 6.07) is 16.5. The molecular formula is C27H28N4O4S. The summed E-state index contributed by atoms with van der Waals surface area (Å²) in [6.45, 7) is 4.08. The maximum atomic E-state index is 13.2. The standard InChI is InChI=1S/C27H28N4O4S/c1-3-31(30-15-12-21(34-2)13-16-30)27(33)23-11-10-22(35-23)18-6-8-20(9-7-18)29-25(32)24-17-19-5-4-14-28-26(19)36-24/h4-11,14,17,21H,3,12-13,15-16H2,1-2H3,(H,29,32). The van der Waals surface area contributed by atoms with Gasteiger partial charge in [0.05, 0.1) is 11.0 Å². The first-order valence-corrected chi connectivity index (χ1v) is 12.8. The van der Waals surface area contributed by atoms with Crippen LogP contribution in [0.3, 0.4) is 0 Å². The molecule has 0 unspecified atom stereocenters. The van der Waals surface area contributed by atoms with E-state index in [4.69, 9.17) is 9.15 Å². The number of anilines is 1. The zero-order valence-corrected chi connectivity index (χ0v) is 21.1. The Bertz CT molecular complexity index is 1320. The minimum atomic E-state index is -0.175. The van der Waals surface area contributed by atoms with Crippen molar-refractivity contribution in [3.05, 3.63) is 71.4 Å². The van der Waals surface area contributed by atoms with Crippen LogP contribution in [-0.2, 0) is 4.74 Å². The zero-order chi connectivity index (χ0) is 25.1. The Labute approximate surface area is 213 Å². The first kappa shape index (κ1) is 24.2. The van der Waals surface area contributed by atoms with Crippen molar-refractivity contribution in [2.45, 2.75) is 25.9 Å². The van der Waals surface area contributed by atoms with Gasteiger partial charge in [0.1, 0.15) is 10.6 Å². The van der Waals surface area contributed by atoms with E-state index in [1.807, 2.05) is 49.4 Å². The quantitative estimate of drug-likeness (QED) is 0.368. The summed E-state index contributed by atoms with van der Waals surface area (Å²) in [5.74, 6) is 0.574. The monoisotopic (exact) mass is 504 g/mol. The number of hydrogen-bond donors (Lipinski definition) is 1. The number of amides is 2. The number of carbonyl (C=O) groups is 2. The fourth-order valence-corrected chi connectivity index (χ4v) is 5.32. The lowest BCUT2D eigenvalue weighted by molar-refractivity contribution is -0.0517. The van der Waals surface area contributed by atoms with Gasteiger partial charge in [-0.2, -0.15) is 0 Å². The maximum absolute atomic E-state index is 13.2. The number of thiophene rings is 1. The second-order valence-electron chi connectivity index (χ2n) is 8.61. The summed E-state index contributed by atoms with van der Waals surface area (Å²) in [7, 11) is 1.73. The van der Waals surface area contributed by atoms with Gasteiger partial charge in [-0.25, -0.2) is 9.99 Å². The Morgan fingerprint density at radius 1 is 1.17 bits per heavy atom. The minimum absolute atomic E-state index is 0.152. The first-order valence-electron chi connectivity index (χ1n) is 12.0. The fraction of sp³-hybridized carbons (Fsp3) is 0.296. The van der Waals surface area contributed by atoms with Crippen molar-refractivity contribution < 1.29 is 18.7 Å². The lowest BCUT2D eigenvalue weighted by Crippen LogP contribution is -2.50. The number of aromatic nitrogens is 1. The van der Waals surface area contributed by atoms with Crippen molar-refractivity contribution in [2.75, 3.05) is 32.1 Å². The largest absolute Gasteiger partial charge is 0.451 e. The Balaban J connectivity index is 1.24. The van der Waals surface area contributed by atoms with E-state index in [1.54, 1.807) is 30.4 Å². The van der Waals surface area contributed by atoms with E-state index >= 15 is 0 Å². The van der Waals surface area contributed by atoms with Gasteiger partial charge >= 0.3 is 5.91 Å². The molecule has 0 saturated carbocycles. The van der Waals surface area contributed by atoms with Gasteiger partial charge in [0.15, 0.2) is 5.76 Å². The lowest BCUT2D eigenvalue weighted by Gasteiger charge is -2.38. The highest BCUT2D eigenvalue weighted by atomic mass is 32.1. The number of benzene rings is 1. The maximum Gasteiger partial charge on any atom is 0.303 e. The molecule has 0 bridgehead atoms. The molecule has 36 heavy (non-hydrogen) atoms. The van der Waals surface area contributed by atoms with Crippen LogP contribution in [0.2, 0.25) is 0 Å². The number of ether oxygens (including phenoxy) is 1. The normalized spacial score (nSPS) is 14.7. The third-order valence-corrected chi connectivity index (χ3v) is 7.45. The van der Waals surface area contributed by atoms with Crippen LogP contribution in [0, 0.1) is 0 Å². The van der Waals surface area contributed by atoms with E-state index < -0.39 is 0 Å². The summed E-state index contributed by atoms with van der Waals surface area (Å²) in [5.41, 5.74) is 1.50. The number of methoxy groups -OCH3 is 1. The molecular weight excluding hydrogens is 476 g/mol. The van der Waals surface area contributed by atoms with Crippen molar-refractivity contribution in [1.29, 1.82) is 0 Å². The van der Waals surface area contributed by atoms with Crippen molar-refractivity contribution in [3.63, 3.8) is 0 Å². The smallest absolute Gasteiger partial charge is 0.303 e. The van der Waals surface area contributed by atoms with E-state index in [1.165, 1.54) is 11.3 Å².